The first-order valence-corrected chi connectivity index (χ1v) is 9.67. The Morgan fingerprint density at radius 3 is 2.71 bits per heavy atom. The molecule has 0 aromatic heterocycles. The van der Waals surface area contributed by atoms with E-state index in [4.69, 9.17) is 9.47 Å². The monoisotopic (exact) mass is 334 g/mol. The predicted octanol–water partition coefficient (Wildman–Crippen LogP) is 3.52. The van der Waals surface area contributed by atoms with E-state index in [9.17, 15) is 9.59 Å². The van der Waals surface area contributed by atoms with Crippen LogP contribution < -0.4 is 0 Å². The van der Waals surface area contributed by atoms with Gasteiger partial charge in [0.15, 0.2) is 5.78 Å². The summed E-state index contributed by atoms with van der Waals surface area (Å²) in [4.78, 5) is 23.6. The van der Waals surface area contributed by atoms with Gasteiger partial charge >= 0.3 is 5.97 Å². The van der Waals surface area contributed by atoms with Crippen LogP contribution in [0.1, 0.15) is 65.7 Å². The Labute approximate surface area is 144 Å². The molecule has 4 fully saturated rings. The molecule has 0 spiro atoms. The van der Waals surface area contributed by atoms with E-state index < -0.39 is 0 Å². The Morgan fingerprint density at radius 2 is 1.96 bits per heavy atom. The molecular weight excluding hydrogens is 304 g/mol. The number of ketones is 1. The molecule has 0 amide bonds. The first-order valence-electron chi connectivity index (χ1n) is 9.67. The molecule has 4 rings (SSSR count). The molecule has 1 aliphatic heterocycles. The van der Waals surface area contributed by atoms with Gasteiger partial charge < -0.3 is 9.47 Å². The second kappa shape index (κ2) is 5.55. The molecule has 4 heteroatoms. The molecule has 0 aromatic carbocycles. The fraction of sp³-hybridized carbons (Fsp3) is 0.900. The number of carbonyl (C=O) groups is 2. The Bertz CT molecular complexity index is 558. The van der Waals surface area contributed by atoms with Gasteiger partial charge in [0.2, 0.25) is 0 Å². The Balaban J connectivity index is 1.54. The molecule has 0 radical (unpaired) electrons. The summed E-state index contributed by atoms with van der Waals surface area (Å²) in [5.74, 6) is 1.99. The van der Waals surface area contributed by atoms with E-state index in [-0.39, 0.29) is 23.6 Å². The van der Waals surface area contributed by atoms with Gasteiger partial charge in [0.1, 0.15) is 12.7 Å². The molecule has 4 nitrogen and oxygen atoms in total. The van der Waals surface area contributed by atoms with Crippen molar-refractivity contribution in [3.8, 4) is 0 Å². The summed E-state index contributed by atoms with van der Waals surface area (Å²) >= 11 is 0. The van der Waals surface area contributed by atoms with Crippen molar-refractivity contribution in [3.63, 3.8) is 0 Å². The molecule has 0 N–H and O–H groups in total. The molecule has 3 saturated carbocycles. The van der Waals surface area contributed by atoms with E-state index in [2.05, 4.69) is 13.8 Å². The first-order chi connectivity index (χ1) is 11.3. The van der Waals surface area contributed by atoms with Crippen LogP contribution >= 0.6 is 0 Å². The summed E-state index contributed by atoms with van der Waals surface area (Å²) in [5.41, 5.74) is 0.0786. The second-order valence-electron chi connectivity index (χ2n) is 9.17. The lowest BCUT2D eigenvalue weighted by Crippen LogP contribution is -2.56. The predicted molar refractivity (Wildman–Crippen MR) is 89.3 cm³/mol. The van der Waals surface area contributed by atoms with E-state index in [0.717, 1.165) is 38.5 Å². The van der Waals surface area contributed by atoms with Crippen LogP contribution in [-0.4, -0.2) is 30.6 Å². The second-order valence-corrected chi connectivity index (χ2v) is 9.17. The lowest BCUT2D eigenvalue weighted by molar-refractivity contribution is -0.165. The first kappa shape index (κ1) is 16.6. The van der Waals surface area contributed by atoms with Crippen molar-refractivity contribution in [3.05, 3.63) is 0 Å². The molecule has 0 bridgehead atoms. The molecular formula is C20H30O4. The summed E-state index contributed by atoms with van der Waals surface area (Å²) in [6, 6.07) is 0. The zero-order valence-corrected chi connectivity index (χ0v) is 15.2. The highest BCUT2D eigenvalue weighted by molar-refractivity contribution is 5.88. The standard InChI is InChI=1S/C20H30O4/c1-12(21)24-14-6-8-19(2)13(10-14)4-5-15-16(19)7-9-20(3)17(22)11-23-18(15)20/h13-16,18H,4-11H2,1-3H3/t13?,14?,15-,16-,18+,19+,20-/m1/s1. The van der Waals surface area contributed by atoms with E-state index in [1.54, 1.807) is 0 Å². The van der Waals surface area contributed by atoms with E-state index in [1.807, 2.05) is 0 Å². The van der Waals surface area contributed by atoms with Gasteiger partial charge in [-0.25, -0.2) is 0 Å². The Hall–Kier alpha value is -0.900. The van der Waals surface area contributed by atoms with Crippen molar-refractivity contribution in [2.75, 3.05) is 6.61 Å². The smallest absolute Gasteiger partial charge is 0.302 e. The number of hydrogen-bond donors (Lipinski definition) is 0. The summed E-state index contributed by atoms with van der Waals surface area (Å²) < 4.78 is 11.5. The number of carbonyl (C=O) groups excluding carboxylic acids is 2. The minimum Gasteiger partial charge on any atom is -0.463 e. The third-order valence-electron chi connectivity index (χ3n) is 8.05. The molecule has 24 heavy (non-hydrogen) atoms. The van der Waals surface area contributed by atoms with Crippen molar-refractivity contribution in [1.82, 2.24) is 0 Å². The Kier molecular flexibility index (Phi) is 3.83. The number of Topliss-reactive ketones (excluding diaryl/α,β-unsaturated/α-hetero) is 1. The molecule has 2 unspecified atom stereocenters. The highest BCUT2D eigenvalue weighted by atomic mass is 16.5. The van der Waals surface area contributed by atoms with E-state index in [1.165, 1.54) is 13.3 Å². The molecule has 3 aliphatic carbocycles. The zero-order chi connectivity index (χ0) is 17.1. The molecule has 134 valence electrons. The van der Waals surface area contributed by atoms with Gasteiger partial charge in [0.25, 0.3) is 0 Å². The van der Waals surface area contributed by atoms with Gasteiger partial charge in [-0.3, -0.25) is 9.59 Å². The normalized spacial score (nSPS) is 50.6. The highest BCUT2D eigenvalue weighted by Crippen LogP contribution is 2.63. The van der Waals surface area contributed by atoms with Crippen LogP contribution in [-0.2, 0) is 19.1 Å². The summed E-state index contributed by atoms with van der Waals surface area (Å²) in [7, 11) is 0. The maximum atomic E-state index is 12.3. The van der Waals surface area contributed by atoms with Gasteiger partial charge in [0.05, 0.1) is 11.5 Å². The average molecular weight is 334 g/mol. The lowest BCUT2D eigenvalue weighted by Gasteiger charge is -2.59. The largest absolute Gasteiger partial charge is 0.463 e. The maximum Gasteiger partial charge on any atom is 0.302 e. The van der Waals surface area contributed by atoms with Crippen LogP contribution in [0.4, 0.5) is 0 Å². The molecule has 1 heterocycles. The maximum absolute atomic E-state index is 12.3. The van der Waals surface area contributed by atoms with Crippen LogP contribution in [0.15, 0.2) is 0 Å². The summed E-state index contributed by atoms with van der Waals surface area (Å²) in [6.45, 7) is 6.42. The van der Waals surface area contributed by atoms with Gasteiger partial charge in [-0.05, 0) is 68.1 Å². The average Bonchev–Trinajstić information content (AvgIpc) is 2.83. The minimum atomic E-state index is -0.237. The van der Waals surface area contributed by atoms with E-state index >= 15 is 0 Å². The number of rotatable bonds is 1. The lowest BCUT2D eigenvalue weighted by atomic mass is 9.46. The van der Waals surface area contributed by atoms with Crippen LogP contribution in [0.5, 0.6) is 0 Å². The third-order valence-corrected chi connectivity index (χ3v) is 8.05. The molecule has 0 aromatic rings. The van der Waals surface area contributed by atoms with Gasteiger partial charge in [-0.2, -0.15) is 0 Å². The topological polar surface area (TPSA) is 52.6 Å². The summed E-state index contributed by atoms with van der Waals surface area (Å²) in [5, 5.41) is 0. The molecule has 4 aliphatic rings. The quantitative estimate of drug-likeness (QED) is 0.689. The summed E-state index contributed by atoms with van der Waals surface area (Å²) in [6.07, 6.45) is 7.84. The van der Waals surface area contributed by atoms with Gasteiger partial charge in [-0.1, -0.05) is 13.8 Å². The highest BCUT2D eigenvalue weighted by Gasteiger charge is 2.61. The SMILES string of the molecule is CC(=O)OC1CC[C@@]2(C)C(CC[C@@H]3[C@H]2CC[C@]2(C)C(=O)CO[C@@H]32)C1. The van der Waals surface area contributed by atoms with Crippen molar-refractivity contribution < 1.29 is 19.1 Å². The number of hydrogen-bond acceptors (Lipinski definition) is 4. The number of ether oxygens (including phenoxy) is 2. The Morgan fingerprint density at radius 1 is 1.17 bits per heavy atom. The van der Waals surface area contributed by atoms with Gasteiger partial charge in [-0.15, -0.1) is 0 Å². The number of esters is 1. The van der Waals surface area contributed by atoms with Crippen molar-refractivity contribution in [2.24, 2.45) is 28.6 Å². The molecule has 1 saturated heterocycles. The van der Waals surface area contributed by atoms with Crippen LogP contribution in [0.3, 0.4) is 0 Å². The fourth-order valence-electron chi connectivity index (χ4n) is 6.65. The van der Waals surface area contributed by atoms with Crippen LogP contribution in [0, 0.1) is 28.6 Å². The minimum absolute atomic E-state index is 0.107. The van der Waals surface area contributed by atoms with E-state index in [0.29, 0.717) is 35.6 Å². The third kappa shape index (κ3) is 2.28. The van der Waals surface area contributed by atoms with Crippen molar-refractivity contribution in [2.45, 2.75) is 77.9 Å². The molecule has 7 atom stereocenters. The van der Waals surface area contributed by atoms with Crippen LogP contribution in [0.2, 0.25) is 0 Å². The zero-order valence-electron chi connectivity index (χ0n) is 15.2. The fourth-order valence-corrected chi connectivity index (χ4v) is 6.65. The van der Waals surface area contributed by atoms with Gasteiger partial charge in [0, 0.05) is 6.92 Å². The van der Waals surface area contributed by atoms with Crippen LogP contribution in [0.25, 0.3) is 0 Å². The van der Waals surface area contributed by atoms with Crippen molar-refractivity contribution in [1.29, 1.82) is 0 Å². The number of fused-ring (bicyclic) bond motifs is 5. The van der Waals surface area contributed by atoms with Crippen molar-refractivity contribution >= 4 is 11.8 Å².